The molecule has 0 aromatic heterocycles. The molecule has 0 saturated carbocycles. The second-order valence-corrected chi connectivity index (χ2v) is 5.76. The molecule has 0 aliphatic rings. The van der Waals surface area contributed by atoms with Crippen LogP contribution in [0.5, 0.6) is 0 Å². The number of urea groups is 1. The highest BCUT2D eigenvalue weighted by molar-refractivity contribution is 9.10. The third-order valence-electron chi connectivity index (χ3n) is 3.06. The van der Waals surface area contributed by atoms with Crippen molar-refractivity contribution in [1.82, 2.24) is 0 Å². The Labute approximate surface area is 132 Å². The fourth-order valence-corrected chi connectivity index (χ4v) is 2.40. The van der Waals surface area contributed by atoms with Gasteiger partial charge in [-0.05, 0) is 55.3 Å². The van der Waals surface area contributed by atoms with Crippen molar-refractivity contribution in [3.05, 3.63) is 58.1 Å². The van der Waals surface area contributed by atoms with Gasteiger partial charge in [-0.3, -0.25) is 0 Å². The van der Waals surface area contributed by atoms with E-state index in [4.69, 9.17) is 0 Å². The number of anilines is 2. The number of benzene rings is 2. The molecule has 2 rings (SSSR count). The Bertz CT molecular complexity index is 656. The third-order valence-corrected chi connectivity index (χ3v) is 3.56. The van der Waals surface area contributed by atoms with Crippen molar-refractivity contribution in [2.45, 2.75) is 20.0 Å². The maximum atomic E-state index is 12.0. The number of aliphatic hydroxyl groups excluding tert-OH is 1. The highest BCUT2D eigenvalue weighted by Gasteiger charge is 2.07. The van der Waals surface area contributed by atoms with Gasteiger partial charge in [-0.25, -0.2) is 4.79 Å². The summed E-state index contributed by atoms with van der Waals surface area (Å²) in [6, 6.07) is 12.5. The van der Waals surface area contributed by atoms with E-state index in [0.29, 0.717) is 5.69 Å². The summed E-state index contributed by atoms with van der Waals surface area (Å²) in [7, 11) is 0. The summed E-state index contributed by atoms with van der Waals surface area (Å²) < 4.78 is 0.968. The minimum Gasteiger partial charge on any atom is -0.389 e. The Morgan fingerprint density at radius 2 is 1.95 bits per heavy atom. The number of rotatable bonds is 3. The van der Waals surface area contributed by atoms with Gasteiger partial charge in [0.15, 0.2) is 0 Å². The second-order valence-electron chi connectivity index (χ2n) is 4.84. The van der Waals surface area contributed by atoms with E-state index in [1.165, 1.54) is 0 Å². The summed E-state index contributed by atoms with van der Waals surface area (Å²) in [6.45, 7) is 3.61. The zero-order valence-corrected chi connectivity index (χ0v) is 13.4. The lowest BCUT2D eigenvalue weighted by molar-refractivity contribution is 0.199. The quantitative estimate of drug-likeness (QED) is 0.766. The molecule has 4 nitrogen and oxygen atoms in total. The number of nitrogens with one attached hydrogen (secondary N) is 2. The predicted octanol–water partition coefficient (Wildman–Crippen LogP) is 4.45. The van der Waals surface area contributed by atoms with Gasteiger partial charge in [0, 0.05) is 15.8 Å². The Kier molecular flexibility index (Phi) is 4.98. The van der Waals surface area contributed by atoms with Crippen LogP contribution in [0.3, 0.4) is 0 Å². The first-order chi connectivity index (χ1) is 9.95. The van der Waals surface area contributed by atoms with Crippen LogP contribution in [-0.4, -0.2) is 11.1 Å². The van der Waals surface area contributed by atoms with Crippen molar-refractivity contribution < 1.29 is 9.90 Å². The van der Waals surface area contributed by atoms with Crippen molar-refractivity contribution in [3.8, 4) is 0 Å². The normalized spacial score (nSPS) is 11.8. The smallest absolute Gasteiger partial charge is 0.323 e. The van der Waals surface area contributed by atoms with Crippen LogP contribution < -0.4 is 10.6 Å². The van der Waals surface area contributed by atoms with Crippen LogP contribution in [0.2, 0.25) is 0 Å². The Balaban J connectivity index is 2.06. The van der Waals surface area contributed by atoms with Crippen LogP contribution in [0.1, 0.15) is 24.2 Å². The standard InChI is InChI=1S/C16H17BrN2O2/c1-10-8-13(17)6-7-15(10)19-16(21)18-14-5-3-4-12(9-14)11(2)20/h3-9,11,20H,1-2H3,(H2,18,19,21). The first-order valence-corrected chi connectivity index (χ1v) is 7.37. The van der Waals surface area contributed by atoms with Crippen LogP contribution in [-0.2, 0) is 0 Å². The zero-order valence-electron chi connectivity index (χ0n) is 11.9. The molecule has 2 aromatic carbocycles. The highest BCUT2D eigenvalue weighted by atomic mass is 79.9. The van der Waals surface area contributed by atoms with Crippen LogP contribution in [0.15, 0.2) is 46.9 Å². The Morgan fingerprint density at radius 3 is 2.62 bits per heavy atom. The molecule has 110 valence electrons. The molecule has 0 spiro atoms. The van der Waals surface area contributed by atoms with E-state index in [0.717, 1.165) is 21.3 Å². The number of halogens is 1. The van der Waals surface area contributed by atoms with Crippen LogP contribution in [0.4, 0.5) is 16.2 Å². The monoisotopic (exact) mass is 348 g/mol. The number of carbonyl (C=O) groups excluding carboxylic acids is 1. The molecule has 2 amide bonds. The van der Waals surface area contributed by atoms with E-state index < -0.39 is 6.10 Å². The molecular weight excluding hydrogens is 332 g/mol. The molecule has 0 heterocycles. The fourth-order valence-electron chi connectivity index (χ4n) is 1.93. The topological polar surface area (TPSA) is 61.4 Å². The lowest BCUT2D eigenvalue weighted by Crippen LogP contribution is -2.20. The predicted molar refractivity (Wildman–Crippen MR) is 88.6 cm³/mol. The summed E-state index contributed by atoms with van der Waals surface area (Å²) in [5.41, 5.74) is 3.12. The van der Waals surface area contributed by atoms with Gasteiger partial charge in [0.1, 0.15) is 0 Å². The molecule has 2 aromatic rings. The third kappa shape index (κ3) is 4.31. The SMILES string of the molecule is Cc1cc(Br)ccc1NC(=O)Nc1cccc(C(C)O)c1. The average Bonchev–Trinajstić information content (AvgIpc) is 2.42. The number of aliphatic hydroxyl groups is 1. The number of hydrogen-bond acceptors (Lipinski definition) is 2. The second kappa shape index (κ2) is 6.74. The lowest BCUT2D eigenvalue weighted by Gasteiger charge is -2.11. The summed E-state index contributed by atoms with van der Waals surface area (Å²) in [4.78, 5) is 12.0. The Hall–Kier alpha value is -1.85. The van der Waals surface area contributed by atoms with Crippen LogP contribution >= 0.6 is 15.9 Å². The van der Waals surface area contributed by atoms with E-state index in [1.54, 1.807) is 25.1 Å². The van der Waals surface area contributed by atoms with Gasteiger partial charge in [0.25, 0.3) is 0 Å². The van der Waals surface area contributed by atoms with E-state index in [-0.39, 0.29) is 6.03 Å². The zero-order chi connectivity index (χ0) is 15.4. The van der Waals surface area contributed by atoms with E-state index in [9.17, 15) is 9.90 Å². The maximum Gasteiger partial charge on any atom is 0.323 e. The average molecular weight is 349 g/mol. The first-order valence-electron chi connectivity index (χ1n) is 6.58. The highest BCUT2D eigenvalue weighted by Crippen LogP contribution is 2.21. The number of amides is 2. The molecule has 3 N–H and O–H groups in total. The van der Waals surface area contributed by atoms with Gasteiger partial charge >= 0.3 is 6.03 Å². The maximum absolute atomic E-state index is 12.0. The van der Waals surface area contributed by atoms with E-state index >= 15 is 0 Å². The largest absolute Gasteiger partial charge is 0.389 e. The molecule has 21 heavy (non-hydrogen) atoms. The summed E-state index contributed by atoms with van der Waals surface area (Å²) >= 11 is 3.39. The van der Waals surface area contributed by atoms with Gasteiger partial charge in [-0.15, -0.1) is 0 Å². The van der Waals surface area contributed by atoms with Gasteiger partial charge < -0.3 is 15.7 Å². The summed E-state index contributed by atoms with van der Waals surface area (Å²) in [5, 5.41) is 15.1. The molecule has 0 saturated heterocycles. The molecule has 0 aliphatic carbocycles. The summed E-state index contributed by atoms with van der Waals surface area (Å²) in [6.07, 6.45) is -0.566. The van der Waals surface area contributed by atoms with Gasteiger partial charge in [0.2, 0.25) is 0 Å². The van der Waals surface area contributed by atoms with Crippen LogP contribution in [0, 0.1) is 6.92 Å². The molecule has 5 heteroatoms. The minimum absolute atomic E-state index is 0.317. The molecule has 0 fully saturated rings. The first kappa shape index (κ1) is 15.5. The summed E-state index contributed by atoms with van der Waals surface area (Å²) in [5.74, 6) is 0. The van der Waals surface area contributed by atoms with Crippen molar-refractivity contribution in [2.75, 3.05) is 10.6 Å². The molecular formula is C16H17BrN2O2. The molecule has 0 bridgehead atoms. The molecule has 0 radical (unpaired) electrons. The van der Waals surface area contributed by atoms with Gasteiger partial charge in [-0.2, -0.15) is 0 Å². The van der Waals surface area contributed by atoms with Crippen molar-refractivity contribution in [2.24, 2.45) is 0 Å². The lowest BCUT2D eigenvalue weighted by atomic mass is 10.1. The number of aryl methyl sites for hydroxylation is 1. The van der Waals surface area contributed by atoms with Crippen LogP contribution in [0.25, 0.3) is 0 Å². The number of hydrogen-bond donors (Lipinski definition) is 3. The van der Waals surface area contributed by atoms with Crippen molar-refractivity contribution in [3.63, 3.8) is 0 Å². The minimum atomic E-state index is -0.566. The van der Waals surface area contributed by atoms with Crippen molar-refractivity contribution in [1.29, 1.82) is 0 Å². The molecule has 1 atom stereocenters. The Morgan fingerprint density at radius 1 is 1.19 bits per heavy atom. The van der Waals surface area contributed by atoms with Gasteiger partial charge in [0.05, 0.1) is 6.10 Å². The fraction of sp³-hybridized carbons (Fsp3) is 0.188. The van der Waals surface area contributed by atoms with E-state index in [2.05, 4.69) is 26.6 Å². The van der Waals surface area contributed by atoms with Crippen molar-refractivity contribution >= 4 is 33.3 Å². The van der Waals surface area contributed by atoms with Gasteiger partial charge in [-0.1, -0.05) is 28.1 Å². The molecule has 0 aliphatic heterocycles. The number of carbonyl (C=O) groups is 1. The molecule has 1 unspecified atom stereocenters. The van der Waals surface area contributed by atoms with E-state index in [1.807, 2.05) is 31.2 Å².